The van der Waals surface area contributed by atoms with Crippen molar-refractivity contribution < 1.29 is 18.9 Å². The number of hydrogen-bond acceptors (Lipinski definition) is 4. The highest BCUT2D eigenvalue weighted by Gasteiger charge is 2.10. The Kier molecular flexibility index (Phi) is 9.40. The second kappa shape index (κ2) is 9.46. The predicted molar refractivity (Wildman–Crippen MR) is 54.2 cm³/mol. The summed E-state index contributed by atoms with van der Waals surface area (Å²) in [5.74, 6) is 0. The molecule has 0 aromatic heterocycles. The molecule has 2 unspecified atom stereocenters. The zero-order chi connectivity index (χ0) is 10.8. The average Bonchev–Trinajstić information content (AvgIpc) is 2.21. The van der Waals surface area contributed by atoms with Crippen molar-refractivity contribution in [2.75, 3.05) is 26.4 Å². The van der Waals surface area contributed by atoms with Crippen molar-refractivity contribution in [3.8, 4) is 0 Å². The molecule has 0 aliphatic carbocycles. The molecule has 2 atom stereocenters. The van der Waals surface area contributed by atoms with E-state index in [1.54, 1.807) is 6.92 Å². The van der Waals surface area contributed by atoms with E-state index in [1.807, 2.05) is 13.8 Å². The first kappa shape index (κ1) is 13.9. The molecule has 0 saturated carbocycles. The van der Waals surface area contributed by atoms with E-state index in [1.165, 1.54) is 0 Å². The van der Waals surface area contributed by atoms with E-state index in [0.717, 1.165) is 0 Å². The lowest BCUT2D eigenvalue weighted by atomic mass is 10.4. The van der Waals surface area contributed by atoms with Crippen LogP contribution in [0.25, 0.3) is 0 Å². The molecule has 0 fully saturated rings. The first-order chi connectivity index (χ1) is 6.74. The molecule has 0 rings (SSSR count). The maximum absolute atomic E-state index is 5.39. The minimum Gasteiger partial charge on any atom is -0.425 e. The van der Waals surface area contributed by atoms with Crippen LogP contribution in [0.4, 0.5) is 0 Å². The number of ether oxygens (including phenoxy) is 3. The van der Waals surface area contributed by atoms with Gasteiger partial charge in [-0.2, -0.15) is 0 Å². The highest BCUT2D eigenvalue weighted by molar-refractivity contribution is 5.98. The largest absolute Gasteiger partial charge is 0.425 e. The summed E-state index contributed by atoms with van der Waals surface area (Å²) in [7, 11) is 4.94. The van der Waals surface area contributed by atoms with Gasteiger partial charge in [0.1, 0.15) is 12.4 Å². The molecule has 0 bridgehead atoms. The second-order valence-corrected chi connectivity index (χ2v) is 2.77. The smallest absolute Gasteiger partial charge is 0.286 e. The van der Waals surface area contributed by atoms with Gasteiger partial charge in [-0.05, 0) is 20.8 Å². The summed E-state index contributed by atoms with van der Waals surface area (Å²) in [5.41, 5.74) is 0. The normalized spacial score (nSPS) is 15.4. The van der Waals surface area contributed by atoms with E-state index in [4.69, 9.17) is 22.3 Å². The van der Waals surface area contributed by atoms with Crippen molar-refractivity contribution in [3.05, 3.63) is 0 Å². The molecular weight excluding hydrogens is 183 g/mol. The van der Waals surface area contributed by atoms with Gasteiger partial charge in [0.05, 0.1) is 13.2 Å². The third-order valence-electron chi connectivity index (χ3n) is 1.62. The van der Waals surface area contributed by atoms with E-state index >= 15 is 0 Å². The molecule has 5 heteroatoms. The minimum absolute atomic E-state index is 0.0578. The summed E-state index contributed by atoms with van der Waals surface area (Å²) in [6.07, 6.45) is -0.475. The lowest BCUT2D eigenvalue weighted by molar-refractivity contribution is -0.118. The quantitative estimate of drug-likeness (QED) is 0.411. The van der Waals surface area contributed by atoms with Gasteiger partial charge in [0.15, 0.2) is 0 Å². The first-order valence-electron chi connectivity index (χ1n) is 4.91. The Balaban J connectivity index is 3.60. The summed E-state index contributed by atoms with van der Waals surface area (Å²) in [6, 6.07) is 0. The summed E-state index contributed by atoms with van der Waals surface area (Å²) >= 11 is 0. The molecule has 0 N–H and O–H groups in total. The topological polar surface area (TPSA) is 36.9 Å². The summed E-state index contributed by atoms with van der Waals surface area (Å²) < 4.78 is 20.3. The van der Waals surface area contributed by atoms with E-state index in [2.05, 4.69) is 4.65 Å². The third kappa shape index (κ3) is 7.32. The molecule has 82 valence electrons. The van der Waals surface area contributed by atoms with E-state index in [9.17, 15) is 0 Å². The van der Waals surface area contributed by atoms with Crippen molar-refractivity contribution in [2.24, 2.45) is 0 Å². The molecule has 0 heterocycles. The Bertz CT molecular complexity index is 123. The maximum atomic E-state index is 5.39. The van der Waals surface area contributed by atoms with Gasteiger partial charge in [-0.3, -0.25) is 0 Å². The Labute approximate surface area is 87.3 Å². The van der Waals surface area contributed by atoms with Gasteiger partial charge in [-0.25, -0.2) is 0 Å². The molecule has 0 amide bonds. The maximum Gasteiger partial charge on any atom is 0.286 e. The molecule has 0 spiro atoms. The molecule has 0 aliphatic rings. The average molecular weight is 202 g/mol. The van der Waals surface area contributed by atoms with Crippen LogP contribution < -0.4 is 0 Å². The molecule has 0 saturated heterocycles. The molecule has 0 aliphatic heterocycles. The summed E-state index contributed by atoms with van der Waals surface area (Å²) in [4.78, 5) is 0. The Morgan fingerprint density at radius 3 is 2.29 bits per heavy atom. The van der Waals surface area contributed by atoms with Crippen LogP contribution in [0.5, 0.6) is 0 Å². The molecule has 2 radical (unpaired) electrons. The second-order valence-electron chi connectivity index (χ2n) is 2.77. The first-order valence-corrected chi connectivity index (χ1v) is 4.91. The van der Waals surface area contributed by atoms with Crippen molar-refractivity contribution in [1.82, 2.24) is 0 Å². The zero-order valence-electron chi connectivity index (χ0n) is 9.19. The number of rotatable bonds is 9. The minimum atomic E-state index is -0.417. The standard InChI is InChI=1S/C9H19BO4/c1-4-11-6-9(12-5-2)7-13-8(3)14-10/h8-9H,4-7H2,1-3H3. The Morgan fingerprint density at radius 2 is 1.79 bits per heavy atom. The Morgan fingerprint density at radius 1 is 1.07 bits per heavy atom. The van der Waals surface area contributed by atoms with Gasteiger partial charge in [-0.1, -0.05) is 0 Å². The monoisotopic (exact) mass is 202 g/mol. The van der Waals surface area contributed by atoms with Crippen molar-refractivity contribution >= 4 is 8.05 Å². The molecule has 4 nitrogen and oxygen atoms in total. The lowest BCUT2D eigenvalue weighted by Gasteiger charge is -2.19. The van der Waals surface area contributed by atoms with Crippen LogP contribution >= 0.6 is 0 Å². The van der Waals surface area contributed by atoms with Crippen LogP contribution in [-0.4, -0.2) is 46.9 Å². The van der Waals surface area contributed by atoms with Crippen LogP contribution in [-0.2, 0) is 18.9 Å². The van der Waals surface area contributed by atoms with Gasteiger partial charge in [0.2, 0.25) is 0 Å². The van der Waals surface area contributed by atoms with Gasteiger partial charge in [0.25, 0.3) is 8.05 Å². The highest BCUT2D eigenvalue weighted by atomic mass is 16.7. The van der Waals surface area contributed by atoms with Crippen molar-refractivity contribution in [3.63, 3.8) is 0 Å². The third-order valence-corrected chi connectivity index (χ3v) is 1.62. The number of hydrogen-bond donors (Lipinski definition) is 0. The highest BCUT2D eigenvalue weighted by Crippen LogP contribution is 1.98. The predicted octanol–water partition coefficient (Wildman–Crippen LogP) is 0.891. The van der Waals surface area contributed by atoms with Gasteiger partial charge in [0, 0.05) is 13.2 Å². The fourth-order valence-corrected chi connectivity index (χ4v) is 0.911. The summed E-state index contributed by atoms with van der Waals surface area (Å²) in [6.45, 7) is 7.86. The van der Waals surface area contributed by atoms with Crippen LogP contribution in [0.3, 0.4) is 0 Å². The van der Waals surface area contributed by atoms with Crippen molar-refractivity contribution in [1.29, 1.82) is 0 Å². The SMILES string of the molecule is [B]OC(C)OCC(COCC)OCC. The zero-order valence-corrected chi connectivity index (χ0v) is 9.19. The van der Waals surface area contributed by atoms with Crippen molar-refractivity contribution in [2.45, 2.75) is 33.2 Å². The van der Waals surface area contributed by atoms with Crippen LogP contribution in [0.15, 0.2) is 0 Å². The molecule has 14 heavy (non-hydrogen) atoms. The van der Waals surface area contributed by atoms with Crippen LogP contribution in [0.1, 0.15) is 20.8 Å². The van der Waals surface area contributed by atoms with Crippen LogP contribution in [0, 0.1) is 0 Å². The fraction of sp³-hybridized carbons (Fsp3) is 1.00. The van der Waals surface area contributed by atoms with E-state index < -0.39 is 6.29 Å². The molecule has 0 aromatic carbocycles. The van der Waals surface area contributed by atoms with Gasteiger partial charge in [-0.15, -0.1) is 0 Å². The van der Waals surface area contributed by atoms with E-state index in [0.29, 0.717) is 26.4 Å². The molecule has 0 aromatic rings. The fourth-order valence-electron chi connectivity index (χ4n) is 0.911. The summed E-state index contributed by atoms with van der Waals surface area (Å²) in [5, 5.41) is 0. The Hall–Kier alpha value is -0.0951. The molecular formula is C9H19BO4. The lowest BCUT2D eigenvalue weighted by Crippen LogP contribution is -2.28. The van der Waals surface area contributed by atoms with E-state index in [-0.39, 0.29) is 6.10 Å². The van der Waals surface area contributed by atoms with Gasteiger partial charge < -0.3 is 18.9 Å². The van der Waals surface area contributed by atoms with Gasteiger partial charge >= 0.3 is 0 Å². The van der Waals surface area contributed by atoms with Crippen LogP contribution in [0.2, 0.25) is 0 Å².